The van der Waals surface area contributed by atoms with Gasteiger partial charge in [-0.25, -0.2) is 44.3 Å². The molecule has 0 unspecified atom stereocenters. The third kappa shape index (κ3) is 19.9. The molecule has 14 atom stereocenters. The van der Waals surface area contributed by atoms with Gasteiger partial charge in [-0.1, -0.05) is 48.5 Å². The highest BCUT2D eigenvalue weighted by molar-refractivity contribution is 5.86. The molecule has 0 saturated carbocycles. The average molecular weight is 1610 g/mol. The molecule has 7 aliphatic rings. The van der Waals surface area contributed by atoms with Crippen molar-refractivity contribution < 1.29 is 33.2 Å². The zero-order valence-electron chi connectivity index (χ0n) is 66.7. The Hall–Kier alpha value is -11.1. The second kappa shape index (κ2) is 38.6. The third-order valence-corrected chi connectivity index (χ3v) is 21.8. The van der Waals surface area contributed by atoms with Gasteiger partial charge in [0.15, 0.2) is 28.3 Å². The first-order chi connectivity index (χ1) is 56.0. The Balaban J connectivity index is 0.000000125. The lowest BCUT2D eigenvalue weighted by Crippen LogP contribution is -2.33. The predicted molar refractivity (Wildman–Crippen MR) is 433 cm³/mol. The Bertz CT molecular complexity index is 5350. The minimum atomic E-state index is -0.399. The number of rotatable bonds is 14. The molecule has 11 aromatic heterocycles. The summed E-state index contributed by atoms with van der Waals surface area (Å²) >= 11 is 0. The number of aryl methyl sites for hydroxylation is 1. The van der Waals surface area contributed by atoms with E-state index in [4.69, 9.17) is 61.8 Å². The van der Waals surface area contributed by atoms with Gasteiger partial charge in [-0.2, -0.15) is 15.0 Å². The highest BCUT2D eigenvalue weighted by atomic mass is 16.5. The Morgan fingerprint density at radius 3 is 1.22 bits per heavy atom. The van der Waals surface area contributed by atoms with Crippen LogP contribution in [0.2, 0.25) is 0 Å². The Morgan fingerprint density at radius 1 is 0.353 bits per heavy atom. The maximum absolute atomic E-state index is 11.7. The van der Waals surface area contributed by atoms with E-state index >= 15 is 0 Å². The van der Waals surface area contributed by atoms with Crippen molar-refractivity contribution in [2.45, 2.75) is 277 Å². The summed E-state index contributed by atoms with van der Waals surface area (Å²) < 4.78 is 52.9. The number of aromatic amines is 4. The first-order valence-corrected chi connectivity index (χ1v) is 40.1. The summed E-state index contributed by atoms with van der Waals surface area (Å²) in [6.45, 7) is 16.4. The maximum Gasteiger partial charge on any atom is 0.351 e. The number of fused-ring (bicyclic) bond motifs is 4. The molecule has 7 saturated heterocycles. The molecular formula is C77H107N25O14. The molecule has 39 nitrogen and oxygen atoms in total. The van der Waals surface area contributed by atoms with Gasteiger partial charge in [-0.3, -0.25) is 61.9 Å². The molecular weight excluding hydrogens is 1500 g/mol. The number of anilines is 5. The van der Waals surface area contributed by atoms with Crippen LogP contribution in [0.3, 0.4) is 0 Å². The molecule has 7 fully saturated rings. The molecule has 0 aliphatic carbocycles. The van der Waals surface area contributed by atoms with Crippen molar-refractivity contribution in [2.75, 3.05) is 28.7 Å². The van der Waals surface area contributed by atoms with Crippen LogP contribution in [0.5, 0.6) is 0 Å². The molecule has 0 amide bonds. The standard InChI is InChI=1S/C12H16N4O2.C12H16N4O.C11H15N5O2.C11H15N5O.C11H16N2O3.C10H15N3O2.C10H14N2O3/c1-2-7-3-4-9(18-7)16-6-5-8-10(16)14-12(13)15-11(8)17;1-2-8-3-4-10(17-8)16-6-5-9-11(13)14-7-15-12(9)16;1-2-6-3-4-7(18-6)16-5-13-8-9(16)14-11(12)15-10(8)17;1-2-7-3-4-8(17-7)16-6-15-9-10(12)13-5-14-11(9)16;1-3-8-4-5-9(16-8)13-6-7(2)10(14)12-11(13)15;1-2-7-3-4-9(15-7)13-6-5-8(11)12-10(13)14;1-2-7-3-4-9(15-7)12-6-5-8(13)11-10(12)14/h5-7,9H,2-4H2,1H3,(H3,13,14,15,17);5-8,10H,2-4H2,1H3,(H2,13,14,15);5-7H,2-4H2,1H3,(H3,12,14,15,17);5-8H,2-4H2,1H3,(H2,12,13,14);6,8-9H,3-5H2,1-2H3,(H,12,14,15);5-7,9H,2-4H2,1H3,(H2,11,12,14);5-7,9H,2-4H2,1H3,(H,11,13,14)/t7-,9-;8-,10-;6-,7-;7-,8-;8-,9-;2*7-,9-/m1111111/s1. The molecule has 624 valence electrons. The number of imidazole rings is 2. The molecule has 0 spiro atoms. The number of hydrogen-bond donors (Lipinski definition) is 9. The van der Waals surface area contributed by atoms with E-state index in [9.17, 15) is 33.6 Å². The van der Waals surface area contributed by atoms with E-state index in [1.54, 1.807) is 48.7 Å². The zero-order chi connectivity index (χ0) is 82.4. The third-order valence-electron chi connectivity index (χ3n) is 21.8. The van der Waals surface area contributed by atoms with E-state index < -0.39 is 11.4 Å². The first-order valence-electron chi connectivity index (χ1n) is 40.1. The van der Waals surface area contributed by atoms with Crippen molar-refractivity contribution in [3.63, 3.8) is 0 Å². The van der Waals surface area contributed by atoms with Crippen molar-refractivity contribution in [3.8, 4) is 0 Å². The molecule has 0 radical (unpaired) electrons. The summed E-state index contributed by atoms with van der Waals surface area (Å²) in [5.74, 6) is 1.43. The number of H-pyrrole nitrogens is 4. The summed E-state index contributed by atoms with van der Waals surface area (Å²) in [5, 5.41) is 1.45. The van der Waals surface area contributed by atoms with E-state index in [1.807, 2.05) is 27.6 Å². The fourth-order valence-electron chi connectivity index (χ4n) is 15.2. The van der Waals surface area contributed by atoms with Crippen LogP contribution >= 0.6 is 0 Å². The van der Waals surface area contributed by atoms with Gasteiger partial charge < -0.3 is 71.0 Å². The van der Waals surface area contributed by atoms with E-state index in [1.165, 1.54) is 38.6 Å². The molecule has 18 heterocycles. The molecule has 0 bridgehead atoms. The SMILES string of the molecule is CC[C@@H]1CC[C@H](n2cc(C)c(=O)[nH]c2=O)O1.CC[C@@H]1CC[C@H](n2ccc(=O)[nH]c2=O)O1.CC[C@@H]1CC[C@H](n2ccc(N)nc2=O)O1.CC[C@@H]1CC[C@H](n2ccc3c(=O)[nH]c(N)nc32)O1.CC[C@@H]1CC[C@H](n2ccc3c(N)ncnc32)O1.CC[C@@H]1CC[C@H](n2cnc3c(=O)[nH]c(N)nc32)O1.CC[C@@H]1CC[C@H](n2cnc3c(N)ncnc32)O1. The second-order valence-electron chi connectivity index (χ2n) is 29.4. The largest absolute Gasteiger partial charge is 0.383 e. The molecule has 7 aliphatic heterocycles. The zero-order valence-corrected chi connectivity index (χ0v) is 66.7. The lowest BCUT2D eigenvalue weighted by molar-refractivity contribution is -0.00226. The van der Waals surface area contributed by atoms with Crippen molar-refractivity contribution >= 4 is 73.7 Å². The minimum absolute atomic E-state index is 0.0271. The van der Waals surface area contributed by atoms with Crippen LogP contribution in [0.15, 0.2) is 114 Å². The van der Waals surface area contributed by atoms with E-state index in [2.05, 4.69) is 118 Å². The van der Waals surface area contributed by atoms with E-state index in [0.717, 1.165) is 152 Å². The fourth-order valence-corrected chi connectivity index (χ4v) is 15.2. The van der Waals surface area contributed by atoms with Crippen molar-refractivity contribution in [1.29, 1.82) is 0 Å². The predicted octanol–water partition coefficient (Wildman–Crippen LogP) is 8.25. The number of nitrogens with one attached hydrogen (secondary N) is 4. The second-order valence-corrected chi connectivity index (χ2v) is 29.4. The van der Waals surface area contributed by atoms with Crippen molar-refractivity contribution in [1.82, 2.24) is 96.8 Å². The van der Waals surface area contributed by atoms with E-state index in [0.29, 0.717) is 63.2 Å². The van der Waals surface area contributed by atoms with Crippen LogP contribution in [0.4, 0.5) is 29.4 Å². The van der Waals surface area contributed by atoms with Gasteiger partial charge >= 0.3 is 17.1 Å². The number of ether oxygens (including phenoxy) is 7. The summed E-state index contributed by atoms with van der Waals surface area (Å²) in [6.07, 6.45) is 36.7. The van der Waals surface area contributed by atoms with Gasteiger partial charge in [-0.15, -0.1) is 0 Å². The number of nitrogen functional groups attached to an aromatic ring is 5. The van der Waals surface area contributed by atoms with Gasteiger partial charge in [0.1, 0.15) is 79.0 Å². The van der Waals surface area contributed by atoms with Crippen molar-refractivity contribution in [3.05, 3.63) is 159 Å². The lowest BCUT2D eigenvalue weighted by Gasteiger charge is -2.15. The van der Waals surface area contributed by atoms with Gasteiger partial charge in [0.2, 0.25) is 11.9 Å². The highest BCUT2D eigenvalue weighted by Crippen LogP contribution is 2.37. The first kappa shape index (κ1) is 84.3. The minimum Gasteiger partial charge on any atom is -0.383 e. The maximum atomic E-state index is 11.7. The van der Waals surface area contributed by atoms with Crippen LogP contribution in [0.25, 0.3) is 44.4 Å². The number of aromatic nitrogens is 20. The van der Waals surface area contributed by atoms with Gasteiger partial charge in [0.05, 0.1) is 66.2 Å². The van der Waals surface area contributed by atoms with Crippen LogP contribution < -0.4 is 68.0 Å². The number of nitrogens with zero attached hydrogens (tertiary/aromatic N) is 16. The monoisotopic (exact) mass is 1610 g/mol. The normalized spacial score (nSPS) is 24.7. The molecule has 14 N–H and O–H groups in total. The molecule has 18 rings (SSSR count). The van der Waals surface area contributed by atoms with Gasteiger partial charge in [0.25, 0.3) is 22.2 Å². The molecule has 116 heavy (non-hydrogen) atoms. The van der Waals surface area contributed by atoms with Gasteiger partial charge in [0, 0.05) is 42.6 Å². The Morgan fingerprint density at radius 2 is 0.741 bits per heavy atom. The summed E-state index contributed by atoms with van der Waals surface area (Å²) in [4.78, 5) is 126. The van der Waals surface area contributed by atoms with Crippen LogP contribution in [0.1, 0.15) is 232 Å². The number of hydrogen-bond acceptors (Lipinski definition) is 28. The van der Waals surface area contributed by atoms with Crippen LogP contribution in [0, 0.1) is 6.92 Å². The molecule has 11 aromatic rings. The van der Waals surface area contributed by atoms with E-state index in [-0.39, 0.29) is 114 Å². The summed E-state index contributed by atoms with van der Waals surface area (Å²) in [7, 11) is 0. The van der Waals surface area contributed by atoms with Crippen molar-refractivity contribution in [2.24, 2.45) is 0 Å². The quantitative estimate of drug-likeness (QED) is 0.0494. The summed E-state index contributed by atoms with van der Waals surface area (Å²) in [6, 6.07) is 6.66. The fraction of sp³-hybridized carbons (Fsp3) is 0.558. The lowest BCUT2D eigenvalue weighted by atomic mass is 10.2. The number of nitrogens with two attached hydrogens (primary N) is 5. The average Bonchev–Trinajstić information content (AvgIpc) is 1.65. The Labute approximate surface area is 665 Å². The molecule has 39 heteroatoms. The topological polar surface area (TPSA) is 528 Å². The summed E-state index contributed by atoms with van der Waals surface area (Å²) in [5.41, 5.74) is 29.9. The van der Waals surface area contributed by atoms with Crippen LogP contribution in [-0.4, -0.2) is 139 Å². The highest BCUT2D eigenvalue weighted by Gasteiger charge is 2.33. The Kier molecular flexibility index (Phi) is 28.0. The van der Waals surface area contributed by atoms with Gasteiger partial charge in [-0.05, 0) is 160 Å². The van der Waals surface area contributed by atoms with Crippen LogP contribution in [-0.2, 0) is 33.2 Å². The smallest absolute Gasteiger partial charge is 0.351 e. The molecule has 0 aromatic carbocycles.